The van der Waals surface area contributed by atoms with Crippen molar-refractivity contribution >= 4 is 41.6 Å². The maximum Gasteiger partial charge on any atom is 0.327 e. The fourth-order valence-corrected chi connectivity index (χ4v) is 3.88. The highest BCUT2D eigenvalue weighted by atomic mass is 32.2. The highest BCUT2D eigenvalue weighted by Gasteiger charge is 2.11. The predicted octanol–water partition coefficient (Wildman–Crippen LogP) is 5.05. The molecule has 7 heteroatoms. The quantitative estimate of drug-likeness (QED) is 0.261. The predicted molar refractivity (Wildman–Crippen MR) is 120 cm³/mol. The van der Waals surface area contributed by atoms with Crippen LogP contribution >= 0.6 is 24.6 Å². The summed E-state index contributed by atoms with van der Waals surface area (Å²) < 4.78 is 1.44. The molecule has 148 valence electrons. The number of nitrogens with one attached hydrogen (secondary N) is 2. The first-order valence-corrected chi connectivity index (χ1v) is 10.9. The van der Waals surface area contributed by atoms with Crippen molar-refractivity contribution in [1.82, 2.24) is 19.6 Å². The highest BCUT2D eigenvalue weighted by Crippen LogP contribution is 2.27. The Morgan fingerprint density at radius 2 is 2.14 bits per heavy atom. The zero-order valence-electron chi connectivity index (χ0n) is 16.0. The first-order valence-electron chi connectivity index (χ1n) is 9.54. The number of urea groups is 1. The number of nitrogens with zero attached hydrogens (tertiary/aromatic N) is 2. The zero-order valence-corrected chi connectivity index (χ0v) is 17.7. The Morgan fingerprint density at radius 1 is 1.32 bits per heavy atom. The number of aromatic amines is 1. The third-order valence-electron chi connectivity index (χ3n) is 4.47. The van der Waals surface area contributed by atoms with Crippen LogP contribution in [0.5, 0.6) is 0 Å². The lowest BCUT2D eigenvalue weighted by Gasteiger charge is -2.16. The molecule has 2 amide bonds. The molecule has 0 radical (unpaired) electrons. The van der Waals surface area contributed by atoms with Gasteiger partial charge in [0.15, 0.2) is 0 Å². The van der Waals surface area contributed by atoms with E-state index in [1.807, 2.05) is 18.5 Å². The fourth-order valence-electron chi connectivity index (χ4n) is 2.86. The molecule has 0 saturated carbocycles. The van der Waals surface area contributed by atoms with Gasteiger partial charge in [0, 0.05) is 41.5 Å². The van der Waals surface area contributed by atoms with Gasteiger partial charge in [-0.2, -0.15) is 0 Å². The molecular formula is C21H26N4OS2. The topological polar surface area (TPSA) is 61.0 Å². The smallest absolute Gasteiger partial charge is 0.327 e. The zero-order chi connectivity index (χ0) is 19.8. The van der Waals surface area contributed by atoms with Crippen LogP contribution in [-0.2, 0) is 12.2 Å². The second-order valence-corrected chi connectivity index (χ2v) is 8.15. The van der Waals surface area contributed by atoms with E-state index in [1.165, 1.54) is 9.87 Å². The van der Waals surface area contributed by atoms with Gasteiger partial charge in [-0.1, -0.05) is 56.5 Å². The lowest BCUT2D eigenvalue weighted by atomic mass is 10.1. The molecule has 0 aliphatic heterocycles. The van der Waals surface area contributed by atoms with Crippen LogP contribution in [0.15, 0.2) is 53.7 Å². The Hall–Kier alpha value is -2.12. The maximum atomic E-state index is 12.0. The number of hydrogen-bond acceptors (Lipinski definition) is 4. The second-order valence-electron chi connectivity index (χ2n) is 6.61. The number of rotatable bonds is 9. The lowest BCUT2D eigenvalue weighted by Crippen LogP contribution is -2.35. The summed E-state index contributed by atoms with van der Waals surface area (Å²) in [5.74, 6) is 0.913. The molecule has 0 aliphatic rings. The van der Waals surface area contributed by atoms with E-state index >= 15 is 0 Å². The van der Waals surface area contributed by atoms with E-state index in [9.17, 15) is 4.79 Å². The van der Waals surface area contributed by atoms with Crippen molar-refractivity contribution in [2.75, 3.05) is 13.1 Å². The number of hydrogen-bond donors (Lipinski definition) is 3. The summed E-state index contributed by atoms with van der Waals surface area (Å²) >= 11 is 6.09. The minimum atomic E-state index is -0.145. The molecule has 28 heavy (non-hydrogen) atoms. The van der Waals surface area contributed by atoms with Crippen LogP contribution in [0.4, 0.5) is 4.79 Å². The van der Waals surface area contributed by atoms with Gasteiger partial charge in [0.05, 0.1) is 0 Å². The molecule has 1 aromatic carbocycles. The molecule has 0 aliphatic carbocycles. The van der Waals surface area contributed by atoms with Crippen molar-refractivity contribution in [1.29, 1.82) is 0 Å². The molecule has 0 fully saturated rings. The van der Waals surface area contributed by atoms with E-state index in [1.54, 1.807) is 11.8 Å². The van der Waals surface area contributed by atoms with Crippen molar-refractivity contribution in [3.63, 3.8) is 0 Å². The molecule has 3 aromatic rings. The molecule has 0 atom stereocenters. The number of fused-ring (bicyclic) bond motifs is 1. The van der Waals surface area contributed by atoms with Gasteiger partial charge in [-0.05, 0) is 30.0 Å². The van der Waals surface area contributed by atoms with E-state index in [-0.39, 0.29) is 6.03 Å². The van der Waals surface area contributed by atoms with Crippen LogP contribution < -0.4 is 5.32 Å². The van der Waals surface area contributed by atoms with Gasteiger partial charge in [-0.25, -0.2) is 9.78 Å². The Bertz CT molecular complexity index is 898. The molecule has 2 aromatic heterocycles. The average Bonchev–Trinajstić information content (AvgIpc) is 3.13. The van der Waals surface area contributed by atoms with Crippen LogP contribution in [0, 0.1) is 0 Å². The first kappa shape index (κ1) is 20.6. The molecular weight excluding hydrogens is 388 g/mol. The van der Waals surface area contributed by atoms with Crippen molar-refractivity contribution in [3.8, 4) is 0 Å². The number of carbonyl (C=O) groups excluding carboxylic acids is 1. The minimum absolute atomic E-state index is 0.145. The summed E-state index contributed by atoms with van der Waals surface area (Å²) in [4.78, 5) is 20.9. The molecule has 5 nitrogen and oxygen atoms in total. The number of amides is 2. The number of benzene rings is 1. The van der Waals surface area contributed by atoms with Crippen LogP contribution in [0.1, 0.15) is 30.9 Å². The largest absolute Gasteiger partial charge is 0.346 e. The van der Waals surface area contributed by atoms with Crippen molar-refractivity contribution in [3.05, 3.63) is 59.9 Å². The molecule has 3 rings (SSSR count). The lowest BCUT2D eigenvalue weighted by molar-refractivity contribution is 0.226. The summed E-state index contributed by atoms with van der Waals surface area (Å²) in [6, 6.07) is 12.4. The number of carbonyl (C=O) groups is 1. The average molecular weight is 415 g/mol. The Kier molecular flexibility index (Phi) is 7.68. The van der Waals surface area contributed by atoms with E-state index in [2.05, 4.69) is 65.4 Å². The van der Waals surface area contributed by atoms with Gasteiger partial charge >= 0.3 is 6.03 Å². The third kappa shape index (κ3) is 5.69. The Labute approximate surface area is 175 Å². The second kappa shape index (κ2) is 10.4. The normalized spacial score (nSPS) is 10.9. The summed E-state index contributed by atoms with van der Waals surface area (Å²) in [5.41, 5.74) is 3.31. The minimum Gasteiger partial charge on any atom is -0.346 e. The van der Waals surface area contributed by atoms with Crippen LogP contribution in [0.3, 0.4) is 0 Å². The number of pyridine rings is 1. The van der Waals surface area contributed by atoms with Gasteiger partial charge in [0.2, 0.25) is 0 Å². The van der Waals surface area contributed by atoms with Gasteiger partial charge in [-0.3, -0.25) is 4.31 Å². The fraction of sp³-hybridized carbons (Fsp3) is 0.333. The maximum absolute atomic E-state index is 12.0. The van der Waals surface area contributed by atoms with Crippen LogP contribution in [0.25, 0.3) is 11.0 Å². The van der Waals surface area contributed by atoms with E-state index in [0.29, 0.717) is 13.1 Å². The summed E-state index contributed by atoms with van der Waals surface area (Å²) in [7, 11) is 0. The van der Waals surface area contributed by atoms with Crippen LogP contribution in [-0.4, -0.2) is 33.4 Å². The number of H-pyrrole nitrogens is 1. The first-order chi connectivity index (χ1) is 13.7. The summed E-state index contributed by atoms with van der Waals surface area (Å²) in [6.07, 6.45) is 6.63. The third-order valence-corrected chi connectivity index (χ3v) is 5.89. The monoisotopic (exact) mass is 414 g/mol. The number of thiol groups is 1. The molecule has 2 N–H and O–H groups in total. The number of unbranched alkanes of at least 4 members (excludes halogenated alkanes) is 1. The van der Waals surface area contributed by atoms with Crippen molar-refractivity contribution in [2.24, 2.45) is 0 Å². The SMILES string of the molecule is CCCCNC(=O)N(S)CCc1c[nH]c2ncc(SCc3ccccc3)cc12. The molecule has 0 bridgehead atoms. The van der Waals surface area contributed by atoms with E-state index in [0.717, 1.165) is 46.5 Å². The highest BCUT2D eigenvalue weighted by molar-refractivity contribution is 7.98. The number of thioether (sulfide) groups is 1. The standard InChI is InChI=1S/C21H26N4OS2/c1-2-3-10-22-21(26)25(27)11-9-17-13-23-20-19(17)12-18(14-24-20)28-15-16-7-5-4-6-8-16/h4-8,12-14,27H,2-3,9-11,15H2,1H3,(H,22,26)(H,23,24). The van der Waals surface area contributed by atoms with E-state index in [4.69, 9.17) is 0 Å². The summed E-state index contributed by atoms with van der Waals surface area (Å²) in [5, 5.41) is 3.98. The van der Waals surface area contributed by atoms with Gasteiger partial charge in [0.25, 0.3) is 0 Å². The molecule has 0 saturated heterocycles. The van der Waals surface area contributed by atoms with Gasteiger partial charge in [-0.15, -0.1) is 11.8 Å². The van der Waals surface area contributed by atoms with Gasteiger partial charge in [0.1, 0.15) is 5.65 Å². The Morgan fingerprint density at radius 3 is 2.93 bits per heavy atom. The Balaban J connectivity index is 1.59. The van der Waals surface area contributed by atoms with Gasteiger partial charge < -0.3 is 10.3 Å². The molecule has 0 spiro atoms. The molecule has 0 unspecified atom stereocenters. The molecule has 2 heterocycles. The number of aromatic nitrogens is 2. The summed E-state index contributed by atoms with van der Waals surface area (Å²) in [6.45, 7) is 3.32. The van der Waals surface area contributed by atoms with Crippen LogP contribution in [0.2, 0.25) is 0 Å². The van der Waals surface area contributed by atoms with Crippen molar-refractivity contribution < 1.29 is 4.79 Å². The van der Waals surface area contributed by atoms with Crippen molar-refractivity contribution in [2.45, 2.75) is 36.8 Å². The van der Waals surface area contributed by atoms with E-state index < -0.39 is 0 Å².